The molecule has 11 heavy (non-hydrogen) atoms. The molecule has 0 amide bonds. The minimum Gasteiger partial charge on any atom is -0.375 e. The van der Waals surface area contributed by atoms with Gasteiger partial charge in [-0.3, -0.25) is 0 Å². The summed E-state index contributed by atoms with van der Waals surface area (Å²) in [6.07, 6.45) is 5.19. The summed E-state index contributed by atoms with van der Waals surface area (Å²) >= 11 is 3.54. The molecule has 0 aromatic rings. The van der Waals surface area contributed by atoms with Gasteiger partial charge in [0.2, 0.25) is 0 Å². The Morgan fingerprint density at radius 3 is 2.73 bits per heavy atom. The summed E-state index contributed by atoms with van der Waals surface area (Å²) in [5.74, 6) is 2.86. The van der Waals surface area contributed by atoms with Crippen LogP contribution in [0.25, 0.3) is 0 Å². The van der Waals surface area contributed by atoms with Gasteiger partial charge in [-0.15, -0.1) is 0 Å². The lowest BCUT2D eigenvalue weighted by molar-refractivity contribution is -0.0198. The van der Waals surface area contributed by atoms with Crippen molar-refractivity contribution in [3.05, 3.63) is 0 Å². The van der Waals surface area contributed by atoms with Crippen molar-refractivity contribution in [1.29, 1.82) is 0 Å². The molecular formula is C9H17OS+. The Hall–Kier alpha value is 0.310. The summed E-state index contributed by atoms with van der Waals surface area (Å²) in [7, 11) is 0. The molecule has 4 atom stereocenters. The van der Waals surface area contributed by atoms with Crippen LogP contribution >= 0.6 is 0 Å². The van der Waals surface area contributed by atoms with Gasteiger partial charge in [-0.25, -0.2) is 0 Å². The first-order valence-corrected chi connectivity index (χ1v) is 5.32. The normalized spacial score (nSPS) is 48.5. The Morgan fingerprint density at radius 1 is 1.45 bits per heavy atom. The topological polar surface area (TPSA) is 9.23 Å². The lowest BCUT2D eigenvalue weighted by Crippen LogP contribution is -2.25. The van der Waals surface area contributed by atoms with E-state index in [0.29, 0.717) is 12.2 Å². The van der Waals surface area contributed by atoms with E-state index in [4.69, 9.17) is 4.74 Å². The second-order valence-corrected chi connectivity index (χ2v) is 4.41. The third-order valence-electron chi connectivity index (χ3n) is 3.23. The maximum Gasteiger partial charge on any atom is 0.104 e. The molecule has 2 fully saturated rings. The van der Waals surface area contributed by atoms with Gasteiger partial charge in [-0.2, -0.15) is 0 Å². The van der Waals surface area contributed by atoms with Gasteiger partial charge in [0.15, 0.2) is 0 Å². The number of fused-ring (bicyclic) bond motifs is 2. The predicted octanol–water partition coefficient (Wildman–Crippen LogP) is 1.20. The Bertz CT molecular complexity index is 146. The Balaban J connectivity index is 1.92. The molecule has 3 unspecified atom stereocenters. The van der Waals surface area contributed by atoms with E-state index >= 15 is 0 Å². The van der Waals surface area contributed by atoms with Crippen LogP contribution in [0.4, 0.5) is 0 Å². The SMILES string of the molecule is C[C@H]1OC2CC1CC2CC[SH2+]. The molecule has 2 bridgehead atoms. The molecule has 2 aliphatic rings. The van der Waals surface area contributed by atoms with Crippen LogP contribution < -0.4 is 0 Å². The largest absolute Gasteiger partial charge is 0.375 e. The van der Waals surface area contributed by atoms with Crippen LogP contribution in [-0.2, 0) is 17.4 Å². The van der Waals surface area contributed by atoms with Crippen molar-refractivity contribution < 1.29 is 4.74 Å². The van der Waals surface area contributed by atoms with Crippen molar-refractivity contribution in [2.45, 2.75) is 38.4 Å². The fraction of sp³-hybridized carbons (Fsp3) is 1.00. The van der Waals surface area contributed by atoms with Gasteiger partial charge < -0.3 is 4.74 Å². The lowest BCUT2D eigenvalue weighted by atomic mass is 9.96. The monoisotopic (exact) mass is 173 g/mol. The fourth-order valence-corrected chi connectivity index (χ4v) is 2.92. The van der Waals surface area contributed by atoms with Crippen molar-refractivity contribution in [1.82, 2.24) is 0 Å². The highest BCUT2D eigenvalue weighted by atomic mass is 32.1. The van der Waals surface area contributed by atoms with Gasteiger partial charge in [0.25, 0.3) is 0 Å². The molecule has 0 aromatic carbocycles. The van der Waals surface area contributed by atoms with E-state index in [2.05, 4.69) is 19.6 Å². The molecule has 1 aliphatic carbocycles. The van der Waals surface area contributed by atoms with Gasteiger partial charge in [0.1, 0.15) is 5.75 Å². The van der Waals surface area contributed by atoms with Crippen molar-refractivity contribution >= 4 is 12.6 Å². The second kappa shape index (κ2) is 2.98. The quantitative estimate of drug-likeness (QED) is 0.570. The third kappa shape index (κ3) is 1.31. The van der Waals surface area contributed by atoms with Crippen LogP contribution in [0.5, 0.6) is 0 Å². The summed E-state index contributed by atoms with van der Waals surface area (Å²) in [6.45, 7) is 2.22. The molecule has 1 saturated carbocycles. The van der Waals surface area contributed by atoms with E-state index in [1.807, 2.05) is 0 Å². The maximum atomic E-state index is 5.80. The van der Waals surface area contributed by atoms with E-state index < -0.39 is 0 Å². The zero-order chi connectivity index (χ0) is 7.84. The molecule has 2 rings (SSSR count). The van der Waals surface area contributed by atoms with Crippen LogP contribution in [0.2, 0.25) is 0 Å². The molecule has 0 radical (unpaired) electrons. The zero-order valence-corrected chi connectivity index (χ0v) is 8.05. The standard InChI is InChI=1S/C9H16OS/c1-6-8-4-7(2-3-11)9(5-8)10-6/h6-9,11H,2-5H2,1H3/p+1/t6-,7?,8?,9?/m1/s1. The molecule has 1 nitrogen and oxygen atoms in total. The summed E-state index contributed by atoms with van der Waals surface area (Å²) in [5.41, 5.74) is 0. The smallest absolute Gasteiger partial charge is 0.104 e. The molecule has 2 heteroatoms. The molecular weight excluding hydrogens is 156 g/mol. The van der Waals surface area contributed by atoms with E-state index in [-0.39, 0.29) is 0 Å². The maximum absolute atomic E-state index is 5.80. The first-order chi connectivity index (χ1) is 5.31. The van der Waals surface area contributed by atoms with Gasteiger partial charge in [0, 0.05) is 0 Å². The predicted molar refractivity (Wildman–Crippen MR) is 50.2 cm³/mol. The average Bonchev–Trinajstić information content (AvgIpc) is 2.47. The fourth-order valence-electron chi connectivity index (χ4n) is 2.55. The van der Waals surface area contributed by atoms with Crippen LogP contribution in [0.3, 0.4) is 0 Å². The van der Waals surface area contributed by atoms with Crippen LogP contribution in [-0.4, -0.2) is 18.0 Å². The molecule has 1 heterocycles. The van der Waals surface area contributed by atoms with Crippen LogP contribution in [0, 0.1) is 11.8 Å². The van der Waals surface area contributed by atoms with Gasteiger partial charge in [-0.1, -0.05) is 0 Å². The third-order valence-corrected chi connectivity index (χ3v) is 3.52. The molecule has 0 aromatic heterocycles. The van der Waals surface area contributed by atoms with Crippen LogP contribution in [0.15, 0.2) is 0 Å². The second-order valence-electron chi connectivity index (χ2n) is 3.91. The summed E-state index contributed by atoms with van der Waals surface area (Å²) < 4.78 is 5.80. The molecule has 0 N–H and O–H groups in total. The summed E-state index contributed by atoms with van der Waals surface area (Å²) in [4.78, 5) is 0. The number of hydrogen-bond donors (Lipinski definition) is 0. The van der Waals surface area contributed by atoms with E-state index in [9.17, 15) is 0 Å². The highest BCUT2D eigenvalue weighted by Crippen LogP contribution is 2.44. The Labute approximate surface area is 73.9 Å². The first-order valence-electron chi connectivity index (χ1n) is 4.61. The Morgan fingerprint density at radius 2 is 2.27 bits per heavy atom. The summed E-state index contributed by atoms with van der Waals surface area (Å²) in [6, 6.07) is 0. The first kappa shape index (κ1) is 7.93. The number of ether oxygens (including phenoxy) is 1. The minimum atomic E-state index is 0.547. The average molecular weight is 173 g/mol. The summed E-state index contributed by atoms with van der Waals surface area (Å²) in [5, 5.41) is 0. The van der Waals surface area contributed by atoms with E-state index in [1.165, 1.54) is 19.3 Å². The van der Waals surface area contributed by atoms with Gasteiger partial charge in [0.05, 0.1) is 12.2 Å². The molecule has 1 saturated heterocycles. The van der Waals surface area contributed by atoms with Gasteiger partial charge >= 0.3 is 0 Å². The van der Waals surface area contributed by atoms with E-state index in [1.54, 1.807) is 0 Å². The van der Waals surface area contributed by atoms with Crippen molar-refractivity contribution in [2.75, 3.05) is 5.75 Å². The Kier molecular flexibility index (Phi) is 2.15. The highest BCUT2D eigenvalue weighted by Gasteiger charge is 2.44. The van der Waals surface area contributed by atoms with Crippen molar-refractivity contribution in [3.63, 3.8) is 0 Å². The number of hydrogen-bond acceptors (Lipinski definition) is 1. The minimum absolute atomic E-state index is 0.547. The van der Waals surface area contributed by atoms with Gasteiger partial charge in [-0.05, 0) is 50.7 Å². The van der Waals surface area contributed by atoms with Crippen molar-refractivity contribution in [2.24, 2.45) is 11.8 Å². The number of rotatable bonds is 2. The molecule has 64 valence electrons. The van der Waals surface area contributed by atoms with Crippen molar-refractivity contribution in [3.8, 4) is 0 Å². The molecule has 1 aliphatic heterocycles. The van der Waals surface area contributed by atoms with E-state index in [0.717, 1.165) is 17.6 Å². The molecule has 0 spiro atoms. The lowest BCUT2D eigenvalue weighted by Gasteiger charge is -2.25. The zero-order valence-electron chi connectivity index (χ0n) is 7.05. The van der Waals surface area contributed by atoms with Crippen LogP contribution in [0.1, 0.15) is 26.2 Å². The highest BCUT2D eigenvalue weighted by molar-refractivity contribution is 7.58.